The van der Waals surface area contributed by atoms with Crippen LogP contribution in [0.15, 0.2) is 35.0 Å². The number of hydrogen-bond donors (Lipinski definition) is 4. The molecule has 0 saturated carbocycles. The number of nitrogens with zero attached hydrogens (tertiary/aromatic N) is 1. The molecule has 8 heteroatoms. The standard InChI is InChI=1S/C15H17N5O2S/c1-8-12(9(2)19-15(22)18-8)14(21)16-6-10-7-17-20-13(10)11-4-3-5-23-11/h3-5,7-8H,6H2,1-2H3,(H,16,21)(H,17,20)(H2,18,19,22)/t8-/m1/s1. The van der Waals surface area contributed by atoms with Gasteiger partial charge in [0.25, 0.3) is 5.91 Å². The van der Waals surface area contributed by atoms with E-state index in [1.807, 2.05) is 17.5 Å². The third-order valence-corrected chi connectivity index (χ3v) is 4.54. The molecule has 0 fully saturated rings. The topological polar surface area (TPSA) is 98.9 Å². The molecular weight excluding hydrogens is 314 g/mol. The minimum atomic E-state index is -0.329. The van der Waals surface area contributed by atoms with E-state index in [4.69, 9.17) is 0 Å². The fourth-order valence-corrected chi connectivity index (χ4v) is 3.34. The van der Waals surface area contributed by atoms with Gasteiger partial charge in [-0.15, -0.1) is 11.3 Å². The van der Waals surface area contributed by atoms with E-state index in [0.717, 1.165) is 16.1 Å². The maximum Gasteiger partial charge on any atom is 0.319 e. The summed E-state index contributed by atoms with van der Waals surface area (Å²) in [5.74, 6) is -0.208. The summed E-state index contributed by atoms with van der Waals surface area (Å²) in [5, 5.41) is 17.2. The number of aromatic nitrogens is 2. The molecule has 2 aromatic rings. The van der Waals surface area contributed by atoms with E-state index in [0.29, 0.717) is 17.8 Å². The molecule has 120 valence electrons. The van der Waals surface area contributed by atoms with Crippen LogP contribution in [0.2, 0.25) is 0 Å². The van der Waals surface area contributed by atoms with Gasteiger partial charge in [-0.3, -0.25) is 9.89 Å². The Morgan fingerprint density at radius 1 is 1.48 bits per heavy atom. The molecule has 1 aliphatic heterocycles. The van der Waals surface area contributed by atoms with Crippen molar-refractivity contribution in [3.05, 3.63) is 40.5 Å². The van der Waals surface area contributed by atoms with Crippen LogP contribution >= 0.6 is 11.3 Å². The summed E-state index contributed by atoms with van der Waals surface area (Å²) < 4.78 is 0. The zero-order valence-corrected chi connectivity index (χ0v) is 13.6. The molecule has 1 aliphatic rings. The van der Waals surface area contributed by atoms with Gasteiger partial charge in [-0.05, 0) is 25.3 Å². The molecule has 0 bridgehead atoms. The van der Waals surface area contributed by atoms with Crippen LogP contribution in [-0.4, -0.2) is 28.2 Å². The molecular formula is C15H17N5O2S. The van der Waals surface area contributed by atoms with Crippen molar-refractivity contribution in [2.75, 3.05) is 0 Å². The van der Waals surface area contributed by atoms with Gasteiger partial charge in [0.05, 0.1) is 28.4 Å². The molecule has 0 aromatic carbocycles. The molecule has 2 aromatic heterocycles. The summed E-state index contributed by atoms with van der Waals surface area (Å²) in [7, 11) is 0. The highest BCUT2D eigenvalue weighted by Gasteiger charge is 2.26. The Labute approximate surface area is 137 Å². The number of carbonyl (C=O) groups is 2. The highest BCUT2D eigenvalue weighted by molar-refractivity contribution is 7.13. The van der Waals surface area contributed by atoms with E-state index in [1.165, 1.54) is 0 Å². The fraction of sp³-hybridized carbons (Fsp3) is 0.267. The van der Waals surface area contributed by atoms with E-state index >= 15 is 0 Å². The predicted molar refractivity (Wildman–Crippen MR) is 87.6 cm³/mol. The molecule has 0 unspecified atom stereocenters. The zero-order chi connectivity index (χ0) is 16.4. The second-order valence-corrected chi connectivity index (χ2v) is 6.24. The van der Waals surface area contributed by atoms with Crippen molar-refractivity contribution < 1.29 is 9.59 Å². The van der Waals surface area contributed by atoms with Gasteiger partial charge >= 0.3 is 6.03 Å². The molecule has 3 heterocycles. The Morgan fingerprint density at radius 3 is 3.00 bits per heavy atom. The van der Waals surface area contributed by atoms with E-state index in [-0.39, 0.29) is 18.0 Å². The summed E-state index contributed by atoms with van der Waals surface area (Å²) in [6, 6.07) is 3.35. The van der Waals surface area contributed by atoms with Crippen LogP contribution in [-0.2, 0) is 11.3 Å². The smallest absolute Gasteiger partial charge is 0.319 e. The van der Waals surface area contributed by atoms with Gasteiger partial charge in [0.15, 0.2) is 0 Å². The Hall–Kier alpha value is -2.61. The molecule has 23 heavy (non-hydrogen) atoms. The number of rotatable bonds is 4. The summed E-state index contributed by atoms with van der Waals surface area (Å²) in [6.45, 7) is 3.87. The SMILES string of the molecule is CC1=C(C(=O)NCc2cn[nH]c2-c2cccs2)[C@@H](C)NC(=O)N1. The first kappa shape index (κ1) is 15.3. The second-order valence-electron chi connectivity index (χ2n) is 5.29. The Balaban J connectivity index is 1.72. The molecule has 1 atom stereocenters. The van der Waals surface area contributed by atoms with Gasteiger partial charge < -0.3 is 16.0 Å². The van der Waals surface area contributed by atoms with Gasteiger partial charge in [-0.1, -0.05) is 6.07 Å². The lowest BCUT2D eigenvalue weighted by Gasteiger charge is -2.25. The van der Waals surface area contributed by atoms with Crippen molar-refractivity contribution in [2.45, 2.75) is 26.4 Å². The molecule has 0 aliphatic carbocycles. The maximum atomic E-state index is 12.4. The van der Waals surface area contributed by atoms with Crippen molar-refractivity contribution in [3.63, 3.8) is 0 Å². The van der Waals surface area contributed by atoms with Crippen LogP contribution in [0.1, 0.15) is 19.4 Å². The van der Waals surface area contributed by atoms with E-state index in [9.17, 15) is 9.59 Å². The van der Waals surface area contributed by atoms with Crippen molar-refractivity contribution in [3.8, 4) is 10.6 Å². The number of urea groups is 1. The highest BCUT2D eigenvalue weighted by Crippen LogP contribution is 2.25. The zero-order valence-electron chi connectivity index (χ0n) is 12.8. The van der Waals surface area contributed by atoms with Crippen molar-refractivity contribution >= 4 is 23.3 Å². The molecule has 0 radical (unpaired) electrons. The van der Waals surface area contributed by atoms with Gasteiger partial charge in [0.2, 0.25) is 0 Å². The number of amides is 3. The number of carbonyl (C=O) groups excluding carboxylic acids is 2. The van der Waals surface area contributed by atoms with Crippen LogP contribution in [0.3, 0.4) is 0 Å². The van der Waals surface area contributed by atoms with Crippen LogP contribution in [0.4, 0.5) is 4.79 Å². The van der Waals surface area contributed by atoms with Crippen molar-refractivity contribution in [1.82, 2.24) is 26.1 Å². The molecule has 0 saturated heterocycles. The second kappa shape index (κ2) is 6.25. The minimum Gasteiger partial charge on any atom is -0.348 e. The lowest BCUT2D eigenvalue weighted by Crippen LogP contribution is -2.50. The first-order valence-corrected chi connectivity index (χ1v) is 8.07. The predicted octanol–water partition coefficient (Wildman–Crippen LogP) is 1.73. The quantitative estimate of drug-likeness (QED) is 0.686. The minimum absolute atomic E-state index is 0.208. The van der Waals surface area contributed by atoms with Crippen LogP contribution in [0.25, 0.3) is 10.6 Å². The van der Waals surface area contributed by atoms with Gasteiger partial charge in [-0.2, -0.15) is 5.10 Å². The number of H-pyrrole nitrogens is 1. The summed E-state index contributed by atoms with van der Waals surface area (Å²) in [4.78, 5) is 24.9. The van der Waals surface area contributed by atoms with Gasteiger partial charge in [0.1, 0.15) is 0 Å². The fourth-order valence-electron chi connectivity index (χ4n) is 2.58. The average molecular weight is 331 g/mol. The summed E-state index contributed by atoms with van der Waals surface area (Å²) in [6.07, 6.45) is 1.71. The molecule has 0 spiro atoms. The van der Waals surface area contributed by atoms with E-state index in [2.05, 4.69) is 26.1 Å². The Morgan fingerprint density at radius 2 is 2.30 bits per heavy atom. The molecule has 4 N–H and O–H groups in total. The van der Waals surface area contributed by atoms with Gasteiger partial charge in [-0.25, -0.2) is 4.79 Å². The molecule has 3 rings (SSSR count). The van der Waals surface area contributed by atoms with Crippen LogP contribution in [0, 0.1) is 0 Å². The normalized spacial score (nSPS) is 17.7. The molecule has 7 nitrogen and oxygen atoms in total. The molecule has 3 amide bonds. The number of allylic oxidation sites excluding steroid dienone is 1. The van der Waals surface area contributed by atoms with Crippen LogP contribution in [0.5, 0.6) is 0 Å². The van der Waals surface area contributed by atoms with Crippen molar-refractivity contribution in [1.29, 1.82) is 0 Å². The first-order valence-electron chi connectivity index (χ1n) is 7.19. The monoisotopic (exact) mass is 331 g/mol. The first-order chi connectivity index (χ1) is 11.1. The summed E-state index contributed by atoms with van der Waals surface area (Å²) in [5.41, 5.74) is 2.93. The Kier molecular flexibility index (Phi) is 4.16. The average Bonchev–Trinajstić information content (AvgIpc) is 3.15. The number of hydrogen-bond acceptors (Lipinski definition) is 4. The largest absolute Gasteiger partial charge is 0.348 e. The number of aromatic amines is 1. The number of thiophene rings is 1. The summed E-state index contributed by atoms with van der Waals surface area (Å²) >= 11 is 1.61. The third-order valence-electron chi connectivity index (χ3n) is 3.66. The lowest BCUT2D eigenvalue weighted by molar-refractivity contribution is -0.118. The lowest BCUT2D eigenvalue weighted by atomic mass is 10.0. The highest BCUT2D eigenvalue weighted by atomic mass is 32.1. The van der Waals surface area contributed by atoms with Gasteiger partial charge in [0, 0.05) is 17.8 Å². The number of nitrogens with one attached hydrogen (secondary N) is 4. The Bertz CT molecular complexity index is 763. The van der Waals surface area contributed by atoms with Crippen molar-refractivity contribution in [2.24, 2.45) is 0 Å². The van der Waals surface area contributed by atoms with Crippen LogP contribution < -0.4 is 16.0 Å². The van der Waals surface area contributed by atoms with E-state index < -0.39 is 0 Å². The maximum absolute atomic E-state index is 12.4. The third kappa shape index (κ3) is 3.11. The van der Waals surface area contributed by atoms with E-state index in [1.54, 1.807) is 31.4 Å².